The summed E-state index contributed by atoms with van der Waals surface area (Å²) in [4.78, 5) is 16.9. The molecule has 4 heteroatoms. The maximum atomic E-state index is 11.5. The number of carbonyl (C=O) groups excluding carboxylic acids is 1. The first kappa shape index (κ1) is 9.98. The number of hydroxylamine groups is 1. The van der Waals surface area contributed by atoms with Crippen molar-refractivity contribution in [2.24, 2.45) is 0 Å². The van der Waals surface area contributed by atoms with Crippen LogP contribution in [0.2, 0.25) is 0 Å². The third kappa shape index (κ3) is 1.94. The third-order valence-corrected chi connectivity index (χ3v) is 2.39. The van der Waals surface area contributed by atoms with Gasteiger partial charge in [0.15, 0.2) is 6.04 Å². The van der Waals surface area contributed by atoms with Crippen molar-refractivity contribution in [3.8, 4) is 0 Å². The molecule has 0 aliphatic carbocycles. The minimum Gasteiger partial charge on any atom is -0.467 e. The summed E-state index contributed by atoms with van der Waals surface area (Å²) in [5, 5.41) is 1.62. The number of methoxy groups -OCH3 is 1. The molecule has 0 aromatic heterocycles. The molecular weight excluding hydrogens is 194 g/mol. The summed E-state index contributed by atoms with van der Waals surface area (Å²) in [6, 6.07) is 9.23. The number of para-hydroxylation sites is 1. The van der Waals surface area contributed by atoms with E-state index in [1.807, 2.05) is 30.3 Å². The van der Waals surface area contributed by atoms with E-state index in [1.54, 1.807) is 5.06 Å². The highest BCUT2D eigenvalue weighted by molar-refractivity contribution is 5.79. The number of carbonyl (C=O) groups is 1. The molecule has 4 nitrogen and oxygen atoms in total. The Bertz CT molecular complexity index is 339. The Morgan fingerprint density at radius 3 is 2.87 bits per heavy atom. The molecule has 1 fully saturated rings. The van der Waals surface area contributed by atoms with Gasteiger partial charge in [-0.15, -0.1) is 0 Å². The number of anilines is 1. The van der Waals surface area contributed by atoms with E-state index in [0.29, 0.717) is 13.0 Å². The summed E-state index contributed by atoms with van der Waals surface area (Å²) in [6.45, 7) is 0.550. The summed E-state index contributed by atoms with van der Waals surface area (Å²) >= 11 is 0. The molecule has 0 saturated carbocycles. The molecule has 0 amide bonds. The maximum Gasteiger partial charge on any atom is 0.331 e. The van der Waals surface area contributed by atoms with E-state index in [1.165, 1.54) is 7.11 Å². The summed E-state index contributed by atoms with van der Waals surface area (Å²) in [7, 11) is 1.39. The van der Waals surface area contributed by atoms with Crippen LogP contribution in [0.4, 0.5) is 5.69 Å². The Morgan fingerprint density at radius 2 is 2.20 bits per heavy atom. The van der Waals surface area contributed by atoms with Crippen LogP contribution in [0.5, 0.6) is 0 Å². The van der Waals surface area contributed by atoms with E-state index in [2.05, 4.69) is 0 Å². The van der Waals surface area contributed by atoms with Crippen molar-refractivity contribution in [2.45, 2.75) is 12.5 Å². The molecule has 1 heterocycles. The second-order valence-electron chi connectivity index (χ2n) is 3.32. The topological polar surface area (TPSA) is 38.8 Å². The summed E-state index contributed by atoms with van der Waals surface area (Å²) < 4.78 is 4.73. The minimum absolute atomic E-state index is 0.253. The molecule has 80 valence electrons. The minimum atomic E-state index is -0.322. The highest BCUT2D eigenvalue weighted by atomic mass is 16.7. The summed E-state index contributed by atoms with van der Waals surface area (Å²) in [5.41, 5.74) is 0.880. The van der Waals surface area contributed by atoms with Gasteiger partial charge in [-0.05, 0) is 12.1 Å². The van der Waals surface area contributed by atoms with Gasteiger partial charge in [0.2, 0.25) is 0 Å². The highest BCUT2D eigenvalue weighted by Gasteiger charge is 2.33. The SMILES string of the molecule is COC(=O)C1CCON1c1ccccc1. The van der Waals surface area contributed by atoms with Gasteiger partial charge in [0, 0.05) is 6.42 Å². The van der Waals surface area contributed by atoms with Crippen LogP contribution in [-0.2, 0) is 14.4 Å². The largest absolute Gasteiger partial charge is 0.467 e. The molecule has 1 aliphatic rings. The number of rotatable bonds is 2. The lowest BCUT2D eigenvalue weighted by molar-refractivity contribution is -0.142. The highest BCUT2D eigenvalue weighted by Crippen LogP contribution is 2.24. The predicted molar refractivity (Wildman–Crippen MR) is 55.3 cm³/mol. The molecule has 1 atom stereocenters. The predicted octanol–water partition coefficient (Wildman–Crippen LogP) is 1.37. The molecular formula is C11H13NO3. The second kappa shape index (κ2) is 4.31. The molecule has 2 rings (SSSR count). The van der Waals surface area contributed by atoms with Gasteiger partial charge in [-0.3, -0.25) is 4.84 Å². The van der Waals surface area contributed by atoms with E-state index in [0.717, 1.165) is 5.69 Å². The van der Waals surface area contributed by atoms with Crippen molar-refractivity contribution in [3.05, 3.63) is 30.3 Å². The Labute approximate surface area is 88.4 Å². The number of hydrogen-bond donors (Lipinski definition) is 0. The van der Waals surface area contributed by atoms with Crippen LogP contribution >= 0.6 is 0 Å². The van der Waals surface area contributed by atoms with Crippen LogP contribution in [-0.4, -0.2) is 25.7 Å². The number of benzene rings is 1. The molecule has 0 radical (unpaired) electrons. The standard InChI is InChI=1S/C11H13NO3/c1-14-11(13)10-7-8-15-12(10)9-5-3-2-4-6-9/h2-6,10H,7-8H2,1H3. The van der Waals surface area contributed by atoms with Crippen LogP contribution in [0.1, 0.15) is 6.42 Å². The number of hydrogen-bond acceptors (Lipinski definition) is 4. The molecule has 1 saturated heterocycles. The molecule has 1 aliphatic heterocycles. The fraction of sp³-hybridized carbons (Fsp3) is 0.364. The van der Waals surface area contributed by atoms with Crippen LogP contribution < -0.4 is 5.06 Å². The third-order valence-electron chi connectivity index (χ3n) is 2.39. The van der Waals surface area contributed by atoms with Gasteiger partial charge < -0.3 is 4.74 Å². The Kier molecular flexibility index (Phi) is 2.87. The lowest BCUT2D eigenvalue weighted by Gasteiger charge is -2.22. The van der Waals surface area contributed by atoms with Crippen molar-refractivity contribution in [2.75, 3.05) is 18.8 Å². The first-order valence-electron chi connectivity index (χ1n) is 4.88. The Balaban J connectivity index is 2.18. The monoisotopic (exact) mass is 207 g/mol. The lowest BCUT2D eigenvalue weighted by Crippen LogP contribution is -2.35. The van der Waals surface area contributed by atoms with E-state index in [4.69, 9.17) is 9.57 Å². The zero-order chi connectivity index (χ0) is 10.7. The Morgan fingerprint density at radius 1 is 1.47 bits per heavy atom. The molecule has 1 aromatic carbocycles. The average Bonchev–Trinajstić information content (AvgIpc) is 2.78. The zero-order valence-corrected chi connectivity index (χ0v) is 8.55. The lowest BCUT2D eigenvalue weighted by atomic mass is 10.2. The van der Waals surface area contributed by atoms with Gasteiger partial charge >= 0.3 is 5.97 Å². The molecule has 1 aromatic rings. The van der Waals surface area contributed by atoms with E-state index < -0.39 is 0 Å². The van der Waals surface area contributed by atoms with Crippen molar-refractivity contribution in [1.82, 2.24) is 0 Å². The first-order valence-corrected chi connectivity index (χ1v) is 4.88. The van der Waals surface area contributed by atoms with E-state index in [9.17, 15) is 4.79 Å². The van der Waals surface area contributed by atoms with Crippen LogP contribution in [0, 0.1) is 0 Å². The first-order chi connectivity index (χ1) is 7.33. The van der Waals surface area contributed by atoms with Crippen molar-refractivity contribution < 1.29 is 14.4 Å². The molecule has 0 spiro atoms. The quantitative estimate of drug-likeness (QED) is 0.686. The molecule has 15 heavy (non-hydrogen) atoms. The van der Waals surface area contributed by atoms with Crippen LogP contribution in [0.25, 0.3) is 0 Å². The fourth-order valence-corrected chi connectivity index (χ4v) is 1.65. The number of ether oxygens (including phenoxy) is 1. The van der Waals surface area contributed by atoms with Crippen molar-refractivity contribution >= 4 is 11.7 Å². The summed E-state index contributed by atoms with van der Waals surface area (Å²) in [6.07, 6.45) is 0.668. The van der Waals surface area contributed by atoms with Gasteiger partial charge in [-0.1, -0.05) is 18.2 Å². The Hall–Kier alpha value is -1.55. The zero-order valence-electron chi connectivity index (χ0n) is 8.55. The van der Waals surface area contributed by atoms with Gasteiger partial charge in [-0.2, -0.15) is 0 Å². The molecule has 1 unspecified atom stereocenters. The molecule has 0 N–H and O–H groups in total. The van der Waals surface area contributed by atoms with Gasteiger partial charge in [-0.25, -0.2) is 9.86 Å². The van der Waals surface area contributed by atoms with Gasteiger partial charge in [0.1, 0.15) is 0 Å². The number of esters is 1. The van der Waals surface area contributed by atoms with Gasteiger partial charge in [0.05, 0.1) is 19.4 Å². The van der Waals surface area contributed by atoms with Gasteiger partial charge in [0.25, 0.3) is 0 Å². The van der Waals surface area contributed by atoms with Crippen LogP contribution in [0.15, 0.2) is 30.3 Å². The average molecular weight is 207 g/mol. The van der Waals surface area contributed by atoms with E-state index in [-0.39, 0.29) is 12.0 Å². The normalized spacial score (nSPS) is 20.3. The molecule has 0 bridgehead atoms. The van der Waals surface area contributed by atoms with Crippen molar-refractivity contribution in [1.29, 1.82) is 0 Å². The second-order valence-corrected chi connectivity index (χ2v) is 3.32. The van der Waals surface area contributed by atoms with E-state index >= 15 is 0 Å². The van der Waals surface area contributed by atoms with Crippen LogP contribution in [0.3, 0.4) is 0 Å². The maximum absolute atomic E-state index is 11.5. The number of nitrogens with zero attached hydrogens (tertiary/aromatic N) is 1. The smallest absolute Gasteiger partial charge is 0.331 e. The van der Waals surface area contributed by atoms with Crippen molar-refractivity contribution in [3.63, 3.8) is 0 Å². The summed E-state index contributed by atoms with van der Waals surface area (Å²) in [5.74, 6) is -0.253. The fourth-order valence-electron chi connectivity index (χ4n) is 1.65.